The lowest BCUT2D eigenvalue weighted by Crippen LogP contribution is -2.35. The van der Waals surface area contributed by atoms with Crippen LogP contribution >= 0.6 is 0 Å². The first-order chi connectivity index (χ1) is 13.9. The molecule has 7 nitrogen and oxygen atoms in total. The van der Waals surface area contributed by atoms with Crippen molar-refractivity contribution in [2.24, 2.45) is 7.05 Å². The maximum Gasteiger partial charge on any atom is 0.274 e. The zero-order valence-corrected chi connectivity index (χ0v) is 17.2. The first kappa shape index (κ1) is 20.5. The summed E-state index contributed by atoms with van der Waals surface area (Å²) in [7, 11) is 7.17. The van der Waals surface area contributed by atoms with Gasteiger partial charge >= 0.3 is 0 Å². The first-order valence-electron chi connectivity index (χ1n) is 9.42. The van der Waals surface area contributed by atoms with Crippen LogP contribution in [0.5, 0.6) is 5.75 Å². The topological polar surface area (TPSA) is 76.5 Å². The van der Waals surface area contributed by atoms with E-state index in [9.17, 15) is 9.59 Å². The second-order valence-electron chi connectivity index (χ2n) is 7.16. The zero-order chi connectivity index (χ0) is 21.0. The fourth-order valence-corrected chi connectivity index (χ4v) is 3.38. The van der Waals surface area contributed by atoms with E-state index in [0.29, 0.717) is 23.0 Å². The molecule has 0 aliphatic heterocycles. The van der Waals surface area contributed by atoms with E-state index in [4.69, 9.17) is 4.74 Å². The van der Waals surface area contributed by atoms with Gasteiger partial charge in [0.05, 0.1) is 30.7 Å². The molecule has 0 fully saturated rings. The predicted octanol–water partition coefficient (Wildman–Crippen LogP) is 1.90. The highest BCUT2D eigenvalue weighted by atomic mass is 16.5. The van der Waals surface area contributed by atoms with Crippen LogP contribution in [0.1, 0.15) is 17.3 Å². The molecule has 29 heavy (non-hydrogen) atoms. The number of aromatic nitrogens is 2. The van der Waals surface area contributed by atoms with Gasteiger partial charge in [-0.1, -0.05) is 30.3 Å². The van der Waals surface area contributed by atoms with E-state index in [1.807, 2.05) is 56.6 Å². The number of likely N-dealkylation sites (N-methyl/N-ethyl adjacent to an activating group) is 1. The van der Waals surface area contributed by atoms with E-state index in [0.717, 1.165) is 11.3 Å². The summed E-state index contributed by atoms with van der Waals surface area (Å²) in [5, 5.41) is 8.57. The molecule has 1 amide bonds. The Morgan fingerprint density at radius 2 is 1.90 bits per heavy atom. The molecule has 0 unspecified atom stereocenters. The number of carbonyl (C=O) groups excluding carboxylic acids is 1. The molecule has 2 aromatic carbocycles. The number of rotatable bonds is 7. The molecule has 152 valence electrons. The van der Waals surface area contributed by atoms with E-state index in [-0.39, 0.29) is 23.9 Å². The Labute approximate surface area is 169 Å². The van der Waals surface area contributed by atoms with Gasteiger partial charge in [0.25, 0.3) is 5.56 Å². The zero-order valence-electron chi connectivity index (χ0n) is 17.2. The SMILES string of the molecule is COc1cccc([C@@H](CNC(=O)Cc2nn(C)c(=O)c3ccccc23)N(C)C)c1. The number of benzene rings is 2. The third kappa shape index (κ3) is 4.63. The monoisotopic (exact) mass is 394 g/mol. The molecule has 0 saturated heterocycles. The van der Waals surface area contributed by atoms with Crippen LogP contribution in [0, 0.1) is 0 Å². The summed E-state index contributed by atoms with van der Waals surface area (Å²) in [6, 6.07) is 15.0. The highest BCUT2D eigenvalue weighted by Gasteiger charge is 2.17. The Bertz CT molecular complexity index is 1080. The predicted molar refractivity (Wildman–Crippen MR) is 113 cm³/mol. The summed E-state index contributed by atoms with van der Waals surface area (Å²) in [6.45, 7) is 0.447. The number of hydrogen-bond donors (Lipinski definition) is 1. The molecule has 3 aromatic rings. The van der Waals surface area contributed by atoms with Crippen molar-refractivity contribution in [2.45, 2.75) is 12.5 Å². The van der Waals surface area contributed by atoms with Crippen molar-refractivity contribution >= 4 is 16.7 Å². The molecular weight excluding hydrogens is 368 g/mol. The van der Waals surface area contributed by atoms with Crippen LogP contribution < -0.4 is 15.6 Å². The Hall–Kier alpha value is -3.19. The van der Waals surface area contributed by atoms with Gasteiger partial charge in [-0.15, -0.1) is 0 Å². The summed E-state index contributed by atoms with van der Waals surface area (Å²) in [6.07, 6.45) is 0.104. The van der Waals surface area contributed by atoms with Crippen molar-refractivity contribution < 1.29 is 9.53 Å². The number of hydrogen-bond acceptors (Lipinski definition) is 5. The van der Waals surface area contributed by atoms with Gasteiger partial charge in [-0.3, -0.25) is 9.59 Å². The molecule has 1 N–H and O–H groups in total. The Balaban J connectivity index is 1.76. The number of methoxy groups -OCH3 is 1. The minimum absolute atomic E-state index is 0.00103. The minimum Gasteiger partial charge on any atom is -0.497 e. The first-order valence-corrected chi connectivity index (χ1v) is 9.42. The minimum atomic E-state index is -0.171. The van der Waals surface area contributed by atoms with Crippen molar-refractivity contribution in [3.63, 3.8) is 0 Å². The maximum atomic E-state index is 12.7. The number of carbonyl (C=O) groups is 1. The van der Waals surface area contributed by atoms with Crippen molar-refractivity contribution in [3.8, 4) is 5.75 Å². The second kappa shape index (κ2) is 8.87. The van der Waals surface area contributed by atoms with E-state index >= 15 is 0 Å². The number of nitrogens with one attached hydrogen (secondary N) is 1. The summed E-state index contributed by atoms with van der Waals surface area (Å²) in [5.41, 5.74) is 1.47. The van der Waals surface area contributed by atoms with E-state index < -0.39 is 0 Å². The lowest BCUT2D eigenvalue weighted by Gasteiger charge is -2.25. The smallest absolute Gasteiger partial charge is 0.274 e. The Morgan fingerprint density at radius 3 is 2.59 bits per heavy atom. The molecular formula is C22H26N4O3. The lowest BCUT2D eigenvalue weighted by molar-refractivity contribution is -0.120. The van der Waals surface area contributed by atoms with E-state index in [1.54, 1.807) is 20.2 Å². The van der Waals surface area contributed by atoms with Crippen LogP contribution in [0.3, 0.4) is 0 Å². The van der Waals surface area contributed by atoms with Gasteiger partial charge in [-0.2, -0.15) is 5.10 Å². The fourth-order valence-electron chi connectivity index (χ4n) is 3.38. The van der Waals surface area contributed by atoms with Gasteiger partial charge in [0.2, 0.25) is 5.91 Å². The van der Waals surface area contributed by atoms with Crippen LogP contribution in [0.4, 0.5) is 0 Å². The molecule has 0 spiro atoms. The highest BCUT2D eigenvalue weighted by molar-refractivity contribution is 5.88. The number of amides is 1. The average Bonchev–Trinajstić information content (AvgIpc) is 2.72. The molecule has 1 heterocycles. The summed E-state index contributed by atoms with van der Waals surface area (Å²) < 4.78 is 6.59. The van der Waals surface area contributed by atoms with Crippen LogP contribution in [0.25, 0.3) is 10.8 Å². The molecule has 3 rings (SSSR count). The Morgan fingerprint density at radius 1 is 1.17 bits per heavy atom. The van der Waals surface area contributed by atoms with Crippen molar-refractivity contribution in [2.75, 3.05) is 27.7 Å². The molecule has 0 aliphatic carbocycles. The van der Waals surface area contributed by atoms with Gasteiger partial charge in [0.1, 0.15) is 5.75 Å². The Kier molecular flexibility index (Phi) is 6.29. The van der Waals surface area contributed by atoms with Gasteiger partial charge in [-0.05, 0) is 37.9 Å². The number of aryl methyl sites for hydroxylation is 1. The summed E-state index contributed by atoms with van der Waals surface area (Å²) >= 11 is 0. The molecule has 1 atom stereocenters. The molecule has 0 aliphatic rings. The van der Waals surface area contributed by atoms with Gasteiger partial charge in [0.15, 0.2) is 0 Å². The largest absolute Gasteiger partial charge is 0.497 e. The molecule has 1 aromatic heterocycles. The standard InChI is InChI=1S/C22H26N4O3/c1-25(2)20(15-8-7-9-16(12-15)29-4)14-23-21(27)13-19-17-10-5-6-11-18(17)22(28)26(3)24-19/h5-12,20H,13-14H2,1-4H3,(H,23,27)/t20-/m1/s1. The lowest BCUT2D eigenvalue weighted by atomic mass is 10.1. The maximum absolute atomic E-state index is 12.7. The van der Waals surface area contributed by atoms with Crippen LogP contribution in [-0.2, 0) is 18.3 Å². The van der Waals surface area contributed by atoms with Gasteiger partial charge < -0.3 is 15.0 Å². The average molecular weight is 394 g/mol. The normalized spacial score (nSPS) is 12.2. The summed E-state index contributed by atoms with van der Waals surface area (Å²) in [5.74, 6) is 0.637. The molecule has 0 bridgehead atoms. The van der Waals surface area contributed by atoms with Crippen LogP contribution in [0.15, 0.2) is 53.3 Å². The van der Waals surface area contributed by atoms with Crippen LogP contribution in [-0.4, -0.2) is 48.3 Å². The molecule has 0 saturated carbocycles. The van der Waals surface area contributed by atoms with Crippen molar-refractivity contribution in [1.29, 1.82) is 0 Å². The van der Waals surface area contributed by atoms with E-state index in [1.165, 1.54) is 4.68 Å². The number of ether oxygens (including phenoxy) is 1. The van der Waals surface area contributed by atoms with E-state index in [2.05, 4.69) is 15.3 Å². The summed E-state index contributed by atoms with van der Waals surface area (Å²) in [4.78, 5) is 27.0. The fraction of sp³-hybridized carbons (Fsp3) is 0.318. The number of nitrogens with zero attached hydrogens (tertiary/aromatic N) is 3. The number of fused-ring (bicyclic) bond motifs is 1. The third-order valence-corrected chi connectivity index (χ3v) is 4.96. The highest BCUT2D eigenvalue weighted by Crippen LogP contribution is 2.22. The quantitative estimate of drug-likeness (QED) is 0.662. The molecule has 7 heteroatoms. The van der Waals surface area contributed by atoms with Crippen LogP contribution in [0.2, 0.25) is 0 Å². The second-order valence-corrected chi connectivity index (χ2v) is 7.16. The van der Waals surface area contributed by atoms with Gasteiger partial charge in [-0.25, -0.2) is 4.68 Å². The third-order valence-electron chi connectivity index (χ3n) is 4.96. The van der Waals surface area contributed by atoms with Crippen molar-refractivity contribution in [1.82, 2.24) is 20.0 Å². The van der Waals surface area contributed by atoms with Gasteiger partial charge in [0, 0.05) is 19.0 Å². The van der Waals surface area contributed by atoms with Crippen molar-refractivity contribution in [3.05, 3.63) is 70.1 Å². The molecule has 0 radical (unpaired) electrons.